The molecular formula is C17H30N6O. The van der Waals surface area contributed by atoms with Crippen LogP contribution in [0.3, 0.4) is 0 Å². The molecule has 0 aromatic carbocycles. The van der Waals surface area contributed by atoms with E-state index in [-0.39, 0.29) is 6.10 Å². The van der Waals surface area contributed by atoms with Crippen LogP contribution in [0.1, 0.15) is 44.5 Å². The van der Waals surface area contributed by atoms with Gasteiger partial charge in [0, 0.05) is 39.3 Å². The summed E-state index contributed by atoms with van der Waals surface area (Å²) in [5.74, 6) is 1.00. The van der Waals surface area contributed by atoms with Crippen molar-refractivity contribution in [3.63, 3.8) is 0 Å². The van der Waals surface area contributed by atoms with E-state index in [2.05, 4.69) is 38.8 Å². The molecule has 134 valence electrons. The van der Waals surface area contributed by atoms with Gasteiger partial charge in [-0.1, -0.05) is 19.4 Å². The summed E-state index contributed by atoms with van der Waals surface area (Å²) in [7, 11) is 0. The second-order valence-electron chi connectivity index (χ2n) is 6.78. The molecule has 0 unspecified atom stereocenters. The molecule has 0 amide bonds. The summed E-state index contributed by atoms with van der Waals surface area (Å²) in [5, 5.41) is 12.6. The highest BCUT2D eigenvalue weighted by Crippen LogP contribution is 2.26. The smallest absolute Gasteiger partial charge is 0.168 e. The van der Waals surface area contributed by atoms with Crippen molar-refractivity contribution in [1.82, 2.24) is 30.0 Å². The van der Waals surface area contributed by atoms with Crippen molar-refractivity contribution in [2.75, 3.05) is 39.3 Å². The lowest BCUT2D eigenvalue weighted by Crippen LogP contribution is -2.48. The highest BCUT2D eigenvalue weighted by atomic mass is 16.5. The van der Waals surface area contributed by atoms with Gasteiger partial charge in [-0.15, -0.1) is 11.7 Å². The molecule has 7 heteroatoms. The Balaban J connectivity index is 1.67. The standard InChI is InChI=1S/C17H30N6O/c1-3-6-16(22-11-9-21(8-4-2)10-12-22)17-18-19-20-23(17)14-15-7-5-13-24-15/h4,15-16H,2-3,5-14H2,1H3/t15-,16+/m1/s1. The number of aromatic nitrogens is 4. The zero-order valence-corrected chi connectivity index (χ0v) is 14.8. The monoisotopic (exact) mass is 334 g/mol. The Hall–Kier alpha value is -1.31. The van der Waals surface area contributed by atoms with E-state index in [1.54, 1.807) is 0 Å². The number of nitrogens with zero attached hydrogens (tertiary/aromatic N) is 6. The first kappa shape index (κ1) is 17.5. The zero-order valence-electron chi connectivity index (χ0n) is 14.8. The van der Waals surface area contributed by atoms with Gasteiger partial charge >= 0.3 is 0 Å². The van der Waals surface area contributed by atoms with Gasteiger partial charge in [-0.3, -0.25) is 9.80 Å². The van der Waals surface area contributed by atoms with Crippen molar-refractivity contribution in [3.05, 3.63) is 18.5 Å². The van der Waals surface area contributed by atoms with Crippen LogP contribution in [0, 0.1) is 0 Å². The maximum atomic E-state index is 5.76. The summed E-state index contributed by atoms with van der Waals surface area (Å²) in [6.45, 7) is 13.0. The lowest BCUT2D eigenvalue weighted by Gasteiger charge is -2.38. The average Bonchev–Trinajstić information content (AvgIpc) is 3.26. The number of tetrazole rings is 1. The highest BCUT2D eigenvalue weighted by molar-refractivity contribution is 4.96. The van der Waals surface area contributed by atoms with Gasteiger partial charge in [0.2, 0.25) is 0 Å². The predicted molar refractivity (Wildman–Crippen MR) is 92.7 cm³/mol. The fraction of sp³-hybridized carbons (Fsp3) is 0.824. The van der Waals surface area contributed by atoms with Crippen LogP contribution in [0.2, 0.25) is 0 Å². The molecule has 1 aromatic heterocycles. The topological polar surface area (TPSA) is 59.3 Å². The number of hydrogen-bond acceptors (Lipinski definition) is 6. The van der Waals surface area contributed by atoms with E-state index < -0.39 is 0 Å². The van der Waals surface area contributed by atoms with E-state index in [1.807, 2.05) is 10.8 Å². The van der Waals surface area contributed by atoms with Crippen LogP contribution in [0.4, 0.5) is 0 Å². The van der Waals surface area contributed by atoms with Gasteiger partial charge in [0.15, 0.2) is 5.82 Å². The van der Waals surface area contributed by atoms with Gasteiger partial charge in [-0.2, -0.15) is 0 Å². The largest absolute Gasteiger partial charge is 0.376 e. The van der Waals surface area contributed by atoms with Gasteiger partial charge < -0.3 is 4.74 Å². The lowest BCUT2D eigenvalue weighted by atomic mass is 10.1. The number of piperazine rings is 1. The molecule has 0 N–H and O–H groups in total. The molecule has 0 spiro atoms. The van der Waals surface area contributed by atoms with Crippen molar-refractivity contribution in [2.24, 2.45) is 0 Å². The molecule has 0 aliphatic carbocycles. The summed E-state index contributed by atoms with van der Waals surface area (Å²) >= 11 is 0. The van der Waals surface area contributed by atoms with Crippen molar-refractivity contribution < 1.29 is 4.74 Å². The third kappa shape index (κ3) is 4.20. The minimum Gasteiger partial charge on any atom is -0.376 e. The predicted octanol–water partition coefficient (Wildman–Crippen LogP) is 1.50. The van der Waals surface area contributed by atoms with E-state index in [0.717, 1.165) is 77.4 Å². The minimum atomic E-state index is 0.263. The van der Waals surface area contributed by atoms with Crippen molar-refractivity contribution >= 4 is 0 Å². The van der Waals surface area contributed by atoms with Crippen LogP contribution in [0.5, 0.6) is 0 Å². The first-order chi connectivity index (χ1) is 11.8. The van der Waals surface area contributed by atoms with Gasteiger partial charge in [-0.25, -0.2) is 4.68 Å². The van der Waals surface area contributed by atoms with Crippen LogP contribution < -0.4 is 0 Å². The van der Waals surface area contributed by atoms with E-state index >= 15 is 0 Å². The molecule has 3 heterocycles. The minimum absolute atomic E-state index is 0.263. The molecule has 1 aromatic rings. The second kappa shape index (κ2) is 8.69. The van der Waals surface area contributed by atoms with E-state index in [4.69, 9.17) is 4.74 Å². The third-order valence-corrected chi connectivity index (χ3v) is 5.06. The molecule has 0 radical (unpaired) electrons. The molecule has 2 atom stereocenters. The molecule has 7 nitrogen and oxygen atoms in total. The maximum Gasteiger partial charge on any atom is 0.168 e. The summed E-state index contributed by atoms with van der Waals surface area (Å²) in [5.41, 5.74) is 0. The van der Waals surface area contributed by atoms with Crippen molar-refractivity contribution in [1.29, 1.82) is 0 Å². The van der Waals surface area contributed by atoms with E-state index in [0.29, 0.717) is 6.04 Å². The van der Waals surface area contributed by atoms with Gasteiger partial charge in [0.05, 0.1) is 18.7 Å². The fourth-order valence-electron chi connectivity index (χ4n) is 3.75. The van der Waals surface area contributed by atoms with E-state index in [1.165, 1.54) is 0 Å². The van der Waals surface area contributed by atoms with Crippen LogP contribution in [0.25, 0.3) is 0 Å². The Morgan fingerprint density at radius 1 is 1.33 bits per heavy atom. The molecule has 0 bridgehead atoms. The van der Waals surface area contributed by atoms with Crippen LogP contribution in [-0.2, 0) is 11.3 Å². The highest BCUT2D eigenvalue weighted by Gasteiger charge is 2.29. The van der Waals surface area contributed by atoms with Crippen molar-refractivity contribution in [3.8, 4) is 0 Å². The Kier molecular flexibility index (Phi) is 6.34. The Labute approximate surface area is 144 Å². The molecule has 2 fully saturated rings. The quantitative estimate of drug-likeness (QED) is 0.672. The number of ether oxygens (including phenoxy) is 1. The first-order valence-electron chi connectivity index (χ1n) is 9.26. The van der Waals surface area contributed by atoms with Crippen LogP contribution in [-0.4, -0.2) is 75.4 Å². The molecule has 24 heavy (non-hydrogen) atoms. The zero-order chi connectivity index (χ0) is 16.8. The molecule has 3 rings (SSSR count). The van der Waals surface area contributed by atoms with E-state index in [9.17, 15) is 0 Å². The summed E-state index contributed by atoms with van der Waals surface area (Å²) in [6.07, 6.45) is 6.72. The third-order valence-electron chi connectivity index (χ3n) is 5.06. The average molecular weight is 334 g/mol. The van der Waals surface area contributed by atoms with Crippen molar-refractivity contribution in [2.45, 2.75) is 51.3 Å². The van der Waals surface area contributed by atoms with Gasteiger partial charge in [0.25, 0.3) is 0 Å². The van der Waals surface area contributed by atoms with Crippen LogP contribution >= 0.6 is 0 Å². The number of hydrogen-bond donors (Lipinski definition) is 0. The Bertz CT molecular complexity index is 505. The van der Waals surface area contributed by atoms with Gasteiger partial charge in [0.1, 0.15) is 0 Å². The molecule has 0 saturated carbocycles. The summed E-state index contributed by atoms with van der Waals surface area (Å²) in [6, 6.07) is 0.303. The second-order valence-corrected chi connectivity index (χ2v) is 6.78. The lowest BCUT2D eigenvalue weighted by molar-refractivity contribution is 0.0790. The first-order valence-corrected chi connectivity index (χ1v) is 9.26. The normalized spacial score (nSPS) is 24.3. The number of rotatable bonds is 8. The Morgan fingerprint density at radius 3 is 2.83 bits per heavy atom. The fourth-order valence-corrected chi connectivity index (χ4v) is 3.75. The summed E-state index contributed by atoms with van der Waals surface area (Å²) in [4.78, 5) is 4.99. The molecule has 2 aliphatic heterocycles. The Morgan fingerprint density at radius 2 is 2.17 bits per heavy atom. The SMILES string of the molecule is C=CCN1CCN([C@@H](CCC)c2nnnn2C[C@H]2CCCO2)CC1. The molecular weight excluding hydrogens is 304 g/mol. The van der Waals surface area contributed by atoms with Crippen LogP contribution in [0.15, 0.2) is 12.7 Å². The van der Waals surface area contributed by atoms with Gasteiger partial charge in [-0.05, 0) is 29.7 Å². The molecule has 2 aliphatic rings. The maximum absolute atomic E-state index is 5.76. The molecule has 2 saturated heterocycles. The summed E-state index contributed by atoms with van der Waals surface area (Å²) < 4.78 is 7.74.